The van der Waals surface area contributed by atoms with Crippen molar-refractivity contribution in [3.8, 4) is 0 Å². The lowest BCUT2D eigenvalue weighted by Gasteiger charge is -2.19. The van der Waals surface area contributed by atoms with Gasteiger partial charge in [0.05, 0.1) is 11.5 Å². The average molecular weight is 260 g/mol. The fraction of sp³-hybridized carbons (Fsp3) is 0.455. The van der Waals surface area contributed by atoms with Gasteiger partial charge in [0.25, 0.3) is 0 Å². The molecule has 1 aromatic rings. The molecule has 1 fully saturated rings. The number of rotatable bonds is 2. The van der Waals surface area contributed by atoms with Gasteiger partial charge >= 0.3 is 0 Å². The Bertz CT molecular complexity index is 487. The predicted molar refractivity (Wildman–Crippen MR) is 65.1 cm³/mol. The van der Waals surface area contributed by atoms with E-state index in [9.17, 15) is 8.42 Å². The zero-order chi connectivity index (χ0) is 11.8. The van der Waals surface area contributed by atoms with Gasteiger partial charge in [0.2, 0.25) is 0 Å². The van der Waals surface area contributed by atoms with Crippen LogP contribution in [0.1, 0.15) is 18.0 Å². The van der Waals surface area contributed by atoms with Crippen LogP contribution in [0.2, 0.25) is 5.02 Å². The first kappa shape index (κ1) is 11.9. The molecule has 5 heteroatoms. The Hall–Kier alpha value is -0.580. The van der Waals surface area contributed by atoms with E-state index < -0.39 is 9.84 Å². The first-order chi connectivity index (χ1) is 7.49. The van der Waals surface area contributed by atoms with Gasteiger partial charge in [-0.25, -0.2) is 8.42 Å². The van der Waals surface area contributed by atoms with Crippen LogP contribution in [0.4, 0.5) is 0 Å². The quantitative estimate of drug-likeness (QED) is 0.881. The smallest absolute Gasteiger partial charge is 0.150 e. The van der Waals surface area contributed by atoms with Gasteiger partial charge in [-0.3, -0.25) is 0 Å². The van der Waals surface area contributed by atoms with Crippen LogP contribution in [-0.4, -0.2) is 19.9 Å². The Balaban J connectivity index is 2.21. The lowest BCUT2D eigenvalue weighted by molar-refractivity contribution is 0.480. The number of hydrogen-bond acceptors (Lipinski definition) is 3. The highest BCUT2D eigenvalue weighted by atomic mass is 35.5. The Morgan fingerprint density at radius 2 is 2.06 bits per heavy atom. The molecule has 1 saturated heterocycles. The van der Waals surface area contributed by atoms with Crippen LogP contribution in [0, 0.1) is 5.92 Å². The van der Waals surface area contributed by atoms with E-state index >= 15 is 0 Å². The van der Waals surface area contributed by atoms with Crippen molar-refractivity contribution < 1.29 is 8.42 Å². The van der Waals surface area contributed by atoms with Crippen molar-refractivity contribution in [2.24, 2.45) is 11.7 Å². The summed E-state index contributed by atoms with van der Waals surface area (Å²) in [4.78, 5) is 0. The van der Waals surface area contributed by atoms with Gasteiger partial charge in [-0.05, 0) is 24.0 Å². The molecule has 2 unspecified atom stereocenters. The SMILES string of the molecule is NC(c1ccccc1Cl)C1CCS(=O)(=O)C1. The molecule has 1 aromatic carbocycles. The molecule has 0 bridgehead atoms. The lowest BCUT2D eigenvalue weighted by atomic mass is 9.93. The monoisotopic (exact) mass is 259 g/mol. The third-order valence-corrected chi connectivity index (χ3v) is 5.18. The molecule has 88 valence electrons. The maximum atomic E-state index is 11.4. The van der Waals surface area contributed by atoms with Crippen LogP contribution in [-0.2, 0) is 9.84 Å². The summed E-state index contributed by atoms with van der Waals surface area (Å²) in [7, 11) is -2.88. The number of benzene rings is 1. The predicted octanol–water partition coefficient (Wildman–Crippen LogP) is 1.77. The van der Waals surface area contributed by atoms with Crippen LogP contribution < -0.4 is 5.73 Å². The summed E-state index contributed by atoms with van der Waals surface area (Å²) in [6.45, 7) is 0. The fourth-order valence-corrected chi connectivity index (χ4v) is 4.22. The van der Waals surface area contributed by atoms with Crippen LogP contribution >= 0.6 is 11.6 Å². The molecule has 0 radical (unpaired) electrons. The van der Waals surface area contributed by atoms with Crippen LogP contribution in [0.25, 0.3) is 0 Å². The van der Waals surface area contributed by atoms with Gasteiger partial charge in [0.15, 0.2) is 9.84 Å². The van der Waals surface area contributed by atoms with E-state index in [1.54, 1.807) is 6.07 Å². The standard InChI is InChI=1S/C11H14ClNO2S/c12-10-4-2-1-3-9(10)11(13)8-5-6-16(14,15)7-8/h1-4,8,11H,5-7,13H2. The molecule has 16 heavy (non-hydrogen) atoms. The Morgan fingerprint density at radius 1 is 1.38 bits per heavy atom. The van der Waals surface area contributed by atoms with E-state index in [2.05, 4.69) is 0 Å². The zero-order valence-electron chi connectivity index (χ0n) is 8.77. The topological polar surface area (TPSA) is 60.2 Å². The van der Waals surface area contributed by atoms with Gasteiger partial charge in [-0.15, -0.1) is 0 Å². The highest BCUT2D eigenvalue weighted by Crippen LogP contribution is 2.32. The highest BCUT2D eigenvalue weighted by molar-refractivity contribution is 7.91. The molecule has 2 N–H and O–H groups in total. The average Bonchev–Trinajstić information content (AvgIpc) is 2.59. The fourth-order valence-electron chi connectivity index (χ4n) is 2.11. The minimum atomic E-state index is -2.88. The molecule has 1 heterocycles. The minimum Gasteiger partial charge on any atom is -0.324 e. The maximum Gasteiger partial charge on any atom is 0.150 e. The van der Waals surface area contributed by atoms with E-state index in [0.29, 0.717) is 11.4 Å². The second kappa shape index (κ2) is 4.35. The van der Waals surface area contributed by atoms with E-state index in [4.69, 9.17) is 17.3 Å². The zero-order valence-corrected chi connectivity index (χ0v) is 10.3. The van der Waals surface area contributed by atoms with Crippen LogP contribution in [0.15, 0.2) is 24.3 Å². The van der Waals surface area contributed by atoms with Gasteiger partial charge in [-0.2, -0.15) is 0 Å². The second-order valence-electron chi connectivity index (χ2n) is 4.21. The molecule has 0 aromatic heterocycles. The van der Waals surface area contributed by atoms with Crippen molar-refractivity contribution in [3.63, 3.8) is 0 Å². The molecular weight excluding hydrogens is 246 g/mol. The third kappa shape index (κ3) is 2.39. The summed E-state index contributed by atoms with van der Waals surface area (Å²) in [5.41, 5.74) is 6.91. The molecular formula is C11H14ClNO2S. The maximum absolute atomic E-state index is 11.4. The first-order valence-corrected chi connectivity index (χ1v) is 7.40. The molecule has 0 aliphatic carbocycles. The minimum absolute atomic E-state index is 0.00935. The van der Waals surface area contributed by atoms with Crippen molar-refractivity contribution >= 4 is 21.4 Å². The van der Waals surface area contributed by atoms with Gasteiger partial charge in [0, 0.05) is 11.1 Å². The third-order valence-electron chi connectivity index (χ3n) is 3.04. The molecule has 0 saturated carbocycles. The molecule has 1 aliphatic heterocycles. The number of hydrogen-bond donors (Lipinski definition) is 1. The van der Waals surface area contributed by atoms with Crippen LogP contribution in [0.5, 0.6) is 0 Å². The number of nitrogens with two attached hydrogens (primary N) is 1. The molecule has 2 atom stereocenters. The summed E-state index contributed by atoms with van der Waals surface area (Å²) < 4.78 is 22.7. The lowest BCUT2D eigenvalue weighted by Crippen LogP contribution is -2.22. The Kier molecular flexibility index (Phi) is 3.24. The van der Waals surface area contributed by atoms with Crippen molar-refractivity contribution in [1.82, 2.24) is 0 Å². The summed E-state index contributed by atoms with van der Waals surface area (Å²) in [5.74, 6) is 0.416. The van der Waals surface area contributed by atoms with E-state index in [0.717, 1.165) is 5.56 Å². The molecule has 2 rings (SSSR count). The summed E-state index contributed by atoms with van der Waals surface area (Å²) >= 11 is 6.04. The number of sulfone groups is 1. The van der Waals surface area contributed by atoms with Crippen molar-refractivity contribution in [3.05, 3.63) is 34.9 Å². The summed E-state index contributed by atoms with van der Waals surface area (Å²) in [6.07, 6.45) is 0.634. The van der Waals surface area contributed by atoms with Gasteiger partial charge in [-0.1, -0.05) is 29.8 Å². The molecule has 0 spiro atoms. The molecule has 0 amide bonds. The van der Waals surface area contributed by atoms with Crippen molar-refractivity contribution in [1.29, 1.82) is 0 Å². The molecule has 1 aliphatic rings. The van der Waals surface area contributed by atoms with E-state index in [1.807, 2.05) is 18.2 Å². The van der Waals surface area contributed by atoms with Crippen molar-refractivity contribution in [2.45, 2.75) is 12.5 Å². The van der Waals surface area contributed by atoms with Gasteiger partial charge < -0.3 is 5.73 Å². The number of halogens is 1. The Morgan fingerprint density at radius 3 is 2.62 bits per heavy atom. The normalized spacial score (nSPS) is 25.5. The highest BCUT2D eigenvalue weighted by Gasteiger charge is 2.33. The Labute approximate surface area is 101 Å². The van der Waals surface area contributed by atoms with E-state index in [-0.39, 0.29) is 23.5 Å². The molecule has 3 nitrogen and oxygen atoms in total. The van der Waals surface area contributed by atoms with Crippen molar-refractivity contribution in [2.75, 3.05) is 11.5 Å². The second-order valence-corrected chi connectivity index (χ2v) is 6.85. The largest absolute Gasteiger partial charge is 0.324 e. The first-order valence-electron chi connectivity index (χ1n) is 5.20. The summed E-state index contributed by atoms with van der Waals surface area (Å²) in [5, 5.41) is 0.610. The van der Waals surface area contributed by atoms with Gasteiger partial charge in [0.1, 0.15) is 0 Å². The van der Waals surface area contributed by atoms with Crippen LogP contribution in [0.3, 0.4) is 0 Å². The summed E-state index contributed by atoms with van der Waals surface area (Å²) in [6, 6.07) is 7.05. The van der Waals surface area contributed by atoms with E-state index in [1.165, 1.54) is 0 Å².